The van der Waals surface area contributed by atoms with Gasteiger partial charge in [0.2, 0.25) is 0 Å². The molecule has 1 unspecified atom stereocenters. The quantitative estimate of drug-likeness (QED) is 0.878. The molecule has 1 aromatic heterocycles. The summed E-state index contributed by atoms with van der Waals surface area (Å²) >= 11 is 1.69. The summed E-state index contributed by atoms with van der Waals surface area (Å²) in [5.41, 5.74) is 4.28. The Hall–Kier alpha value is -1.39. The van der Waals surface area contributed by atoms with E-state index in [0.29, 0.717) is 12.6 Å². The summed E-state index contributed by atoms with van der Waals surface area (Å²) < 4.78 is 5.76. The summed E-state index contributed by atoms with van der Waals surface area (Å²) in [6.45, 7) is 4.88. The molecule has 0 amide bonds. The van der Waals surface area contributed by atoms with Crippen LogP contribution in [0.4, 0.5) is 0 Å². The van der Waals surface area contributed by atoms with E-state index >= 15 is 0 Å². The van der Waals surface area contributed by atoms with Gasteiger partial charge in [0.15, 0.2) is 0 Å². The number of aromatic nitrogens is 1. The molecule has 19 heavy (non-hydrogen) atoms. The van der Waals surface area contributed by atoms with Crippen molar-refractivity contribution < 1.29 is 4.74 Å². The SMILES string of the molecule is CNC(C)c1ccc(OCCc2scnc2C)cc1. The molecule has 2 rings (SSSR count). The molecule has 1 heterocycles. The molecule has 102 valence electrons. The van der Waals surface area contributed by atoms with Crippen LogP contribution in [-0.2, 0) is 6.42 Å². The number of hydrogen-bond donors (Lipinski definition) is 1. The lowest BCUT2D eigenvalue weighted by molar-refractivity contribution is 0.322. The summed E-state index contributed by atoms with van der Waals surface area (Å²) in [5, 5.41) is 3.22. The highest BCUT2D eigenvalue weighted by Gasteiger charge is 2.04. The molecule has 4 heteroatoms. The molecule has 0 radical (unpaired) electrons. The van der Waals surface area contributed by atoms with Gasteiger partial charge >= 0.3 is 0 Å². The monoisotopic (exact) mass is 276 g/mol. The third-order valence-corrected chi connectivity index (χ3v) is 4.25. The van der Waals surface area contributed by atoms with Crippen molar-refractivity contribution in [1.29, 1.82) is 0 Å². The second-order valence-corrected chi connectivity index (χ2v) is 5.48. The van der Waals surface area contributed by atoms with E-state index in [1.807, 2.05) is 31.6 Å². The molecule has 0 fully saturated rings. The van der Waals surface area contributed by atoms with Crippen molar-refractivity contribution >= 4 is 11.3 Å². The third kappa shape index (κ3) is 3.78. The number of hydrogen-bond acceptors (Lipinski definition) is 4. The van der Waals surface area contributed by atoms with Crippen LogP contribution in [0.2, 0.25) is 0 Å². The normalized spacial score (nSPS) is 12.4. The average Bonchev–Trinajstić information content (AvgIpc) is 2.84. The topological polar surface area (TPSA) is 34.1 Å². The molecule has 2 aromatic rings. The Morgan fingerprint density at radius 1 is 1.32 bits per heavy atom. The fraction of sp³-hybridized carbons (Fsp3) is 0.400. The summed E-state index contributed by atoms with van der Waals surface area (Å²) in [6.07, 6.45) is 0.922. The molecule has 3 nitrogen and oxygen atoms in total. The van der Waals surface area contributed by atoms with Crippen LogP contribution in [-0.4, -0.2) is 18.6 Å². The van der Waals surface area contributed by atoms with Gasteiger partial charge in [-0.15, -0.1) is 11.3 Å². The average molecular weight is 276 g/mol. The van der Waals surface area contributed by atoms with Gasteiger partial charge in [-0.3, -0.25) is 0 Å². The van der Waals surface area contributed by atoms with E-state index in [4.69, 9.17) is 4.74 Å². The summed E-state index contributed by atoms with van der Waals surface area (Å²) in [6, 6.07) is 8.64. The first-order valence-electron chi connectivity index (χ1n) is 6.49. The lowest BCUT2D eigenvalue weighted by Gasteiger charge is -2.11. The largest absolute Gasteiger partial charge is 0.493 e. The number of ether oxygens (including phenoxy) is 1. The Morgan fingerprint density at radius 2 is 2.05 bits per heavy atom. The number of nitrogens with one attached hydrogen (secondary N) is 1. The second kappa shape index (κ2) is 6.68. The van der Waals surface area contributed by atoms with Gasteiger partial charge in [-0.1, -0.05) is 12.1 Å². The Labute approximate surface area is 118 Å². The van der Waals surface area contributed by atoms with E-state index < -0.39 is 0 Å². The molecule has 0 saturated carbocycles. The van der Waals surface area contributed by atoms with E-state index in [1.165, 1.54) is 10.4 Å². The second-order valence-electron chi connectivity index (χ2n) is 4.54. The van der Waals surface area contributed by atoms with Crippen LogP contribution in [0.5, 0.6) is 5.75 Å². The molecule has 1 aromatic carbocycles. The first-order chi connectivity index (χ1) is 9.20. The zero-order chi connectivity index (χ0) is 13.7. The number of rotatable bonds is 6. The molecule has 0 saturated heterocycles. The maximum atomic E-state index is 5.76. The van der Waals surface area contributed by atoms with Gasteiger partial charge in [-0.05, 0) is 38.6 Å². The van der Waals surface area contributed by atoms with Crippen molar-refractivity contribution in [2.24, 2.45) is 0 Å². The summed E-state index contributed by atoms with van der Waals surface area (Å²) in [4.78, 5) is 5.54. The molecular weight excluding hydrogens is 256 g/mol. The lowest BCUT2D eigenvalue weighted by atomic mass is 10.1. The number of thiazole rings is 1. The predicted molar refractivity (Wildman–Crippen MR) is 80.0 cm³/mol. The zero-order valence-corrected chi connectivity index (χ0v) is 12.5. The van der Waals surface area contributed by atoms with Crippen molar-refractivity contribution in [3.63, 3.8) is 0 Å². The van der Waals surface area contributed by atoms with Crippen LogP contribution in [0.25, 0.3) is 0 Å². The fourth-order valence-electron chi connectivity index (χ4n) is 1.85. The van der Waals surface area contributed by atoms with Crippen LogP contribution in [0.15, 0.2) is 29.8 Å². The van der Waals surface area contributed by atoms with Crippen LogP contribution in [0, 0.1) is 6.92 Å². The third-order valence-electron chi connectivity index (χ3n) is 3.26. The van der Waals surface area contributed by atoms with Crippen LogP contribution in [0.1, 0.15) is 29.1 Å². The molecule has 0 aliphatic rings. The van der Waals surface area contributed by atoms with Crippen LogP contribution in [0.3, 0.4) is 0 Å². The van der Waals surface area contributed by atoms with Crippen LogP contribution < -0.4 is 10.1 Å². The molecule has 0 bridgehead atoms. The Kier molecular flexibility index (Phi) is 4.93. The molecule has 0 aliphatic heterocycles. The van der Waals surface area contributed by atoms with Crippen molar-refractivity contribution in [2.75, 3.05) is 13.7 Å². The van der Waals surface area contributed by atoms with Gasteiger partial charge in [-0.2, -0.15) is 0 Å². The maximum Gasteiger partial charge on any atom is 0.119 e. The summed E-state index contributed by atoms with van der Waals surface area (Å²) in [7, 11) is 1.96. The van der Waals surface area contributed by atoms with E-state index in [9.17, 15) is 0 Å². The highest BCUT2D eigenvalue weighted by Crippen LogP contribution is 2.18. The molecule has 0 spiro atoms. The number of benzene rings is 1. The highest BCUT2D eigenvalue weighted by molar-refractivity contribution is 7.09. The highest BCUT2D eigenvalue weighted by atomic mass is 32.1. The van der Waals surface area contributed by atoms with Crippen molar-refractivity contribution in [1.82, 2.24) is 10.3 Å². The first kappa shape index (κ1) is 14.0. The van der Waals surface area contributed by atoms with Gasteiger partial charge in [0, 0.05) is 17.3 Å². The smallest absolute Gasteiger partial charge is 0.119 e. The maximum absolute atomic E-state index is 5.76. The fourth-order valence-corrected chi connectivity index (χ4v) is 2.61. The van der Waals surface area contributed by atoms with E-state index in [0.717, 1.165) is 17.9 Å². The molecule has 1 N–H and O–H groups in total. The Morgan fingerprint density at radius 3 is 2.63 bits per heavy atom. The predicted octanol–water partition coefficient (Wildman–Crippen LogP) is 3.35. The summed E-state index contributed by atoms with van der Waals surface area (Å²) in [5.74, 6) is 0.925. The van der Waals surface area contributed by atoms with Gasteiger partial charge < -0.3 is 10.1 Å². The van der Waals surface area contributed by atoms with Crippen molar-refractivity contribution in [2.45, 2.75) is 26.3 Å². The first-order valence-corrected chi connectivity index (χ1v) is 7.37. The number of aryl methyl sites for hydroxylation is 1. The number of nitrogens with zero attached hydrogens (tertiary/aromatic N) is 1. The molecule has 1 atom stereocenters. The van der Waals surface area contributed by atoms with E-state index in [1.54, 1.807) is 11.3 Å². The minimum absolute atomic E-state index is 0.369. The van der Waals surface area contributed by atoms with Crippen molar-refractivity contribution in [3.8, 4) is 5.75 Å². The standard InChI is InChI=1S/C15H20N2OS/c1-11(16-3)13-4-6-14(7-5-13)18-9-8-15-12(2)17-10-19-15/h4-7,10-11,16H,8-9H2,1-3H3. The van der Waals surface area contributed by atoms with Gasteiger partial charge in [0.05, 0.1) is 17.8 Å². The zero-order valence-electron chi connectivity index (χ0n) is 11.6. The Bertz CT molecular complexity index is 507. The van der Waals surface area contributed by atoms with Crippen LogP contribution >= 0.6 is 11.3 Å². The van der Waals surface area contributed by atoms with Gasteiger partial charge in [0.25, 0.3) is 0 Å². The van der Waals surface area contributed by atoms with Gasteiger partial charge in [-0.25, -0.2) is 4.98 Å². The molecular formula is C15H20N2OS. The minimum atomic E-state index is 0.369. The molecule has 0 aliphatic carbocycles. The van der Waals surface area contributed by atoms with E-state index in [-0.39, 0.29) is 0 Å². The van der Waals surface area contributed by atoms with Crippen molar-refractivity contribution in [3.05, 3.63) is 45.9 Å². The van der Waals surface area contributed by atoms with Gasteiger partial charge in [0.1, 0.15) is 5.75 Å². The van der Waals surface area contributed by atoms with E-state index in [2.05, 4.69) is 29.4 Å². The minimum Gasteiger partial charge on any atom is -0.493 e. The Balaban J connectivity index is 1.85. The lowest BCUT2D eigenvalue weighted by Crippen LogP contribution is -2.12.